The Bertz CT molecular complexity index is 647. The average molecular weight is 351 g/mol. The number of nitrogens with one attached hydrogen (secondary N) is 1. The molecule has 1 aromatic heterocycles. The Morgan fingerprint density at radius 1 is 1.43 bits per heavy atom. The molecular formula is C16H19BrN2O2. The van der Waals surface area contributed by atoms with Crippen molar-refractivity contribution in [3.8, 4) is 0 Å². The van der Waals surface area contributed by atoms with Crippen molar-refractivity contribution in [3.63, 3.8) is 0 Å². The van der Waals surface area contributed by atoms with E-state index in [0.717, 1.165) is 41.4 Å². The summed E-state index contributed by atoms with van der Waals surface area (Å²) in [6.07, 6.45) is 2.01. The number of furan rings is 1. The maximum Gasteiger partial charge on any atom is 0.289 e. The molecule has 0 spiro atoms. The topological polar surface area (TPSA) is 45.5 Å². The van der Waals surface area contributed by atoms with E-state index in [9.17, 15) is 4.79 Å². The van der Waals surface area contributed by atoms with Crippen LogP contribution in [0.4, 0.5) is 0 Å². The second kappa shape index (κ2) is 6.20. The number of carbonyl (C=O) groups excluding carboxylic acids is 1. The molecule has 1 N–H and O–H groups in total. The van der Waals surface area contributed by atoms with Crippen molar-refractivity contribution in [1.82, 2.24) is 10.2 Å². The van der Waals surface area contributed by atoms with Gasteiger partial charge in [0.2, 0.25) is 0 Å². The summed E-state index contributed by atoms with van der Waals surface area (Å²) in [5, 5.41) is 4.29. The van der Waals surface area contributed by atoms with Crippen molar-refractivity contribution < 1.29 is 9.21 Å². The van der Waals surface area contributed by atoms with Crippen LogP contribution in [-0.4, -0.2) is 36.5 Å². The monoisotopic (exact) mass is 350 g/mol. The number of fused-ring (bicyclic) bond motifs is 1. The number of amides is 1. The van der Waals surface area contributed by atoms with Gasteiger partial charge in [0.1, 0.15) is 5.58 Å². The number of nitrogens with zero attached hydrogens (tertiary/aromatic N) is 1. The standard InChI is InChI=1S/C16H19BrN2O2/c1-2-19(12-6-8-18-9-7-12)16(20)14-10-11-4-3-5-13(17)15(11)21-14/h3-5,10,12,18H,2,6-9H2,1H3. The second-order valence-corrected chi connectivity index (χ2v) is 6.20. The molecule has 0 bridgehead atoms. The molecule has 1 amide bonds. The van der Waals surface area contributed by atoms with Crippen molar-refractivity contribution in [2.24, 2.45) is 0 Å². The number of halogens is 1. The smallest absolute Gasteiger partial charge is 0.289 e. The summed E-state index contributed by atoms with van der Waals surface area (Å²) in [5.41, 5.74) is 0.738. The predicted octanol–water partition coefficient (Wildman–Crippen LogP) is 3.41. The van der Waals surface area contributed by atoms with Gasteiger partial charge in [-0.15, -0.1) is 0 Å². The molecule has 112 valence electrons. The highest BCUT2D eigenvalue weighted by molar-refractivity contribution is 9.10. The van der Waals surface area contributed by atoms with E-state index < -0.39 is 0 Å². The van der Waals surface area contributed by atoms with Crippen LogP contribution in [0.1, 0.15) is 30.3 Å². The van der Waals surface area contributed by atoms with Crippen molar-refractivity contribution in [3.05, 3.63) is 34.5 Å². The molecule has 2 aromatic rings. The van der Waals surface area contributed by atoms with Crippen LogP contribution in [0.5, 0.6) is 0 Å². The highest BCUT2D eigenvalue weighted by Gasteiger charge is 2.27. The molecule has 0 atom stereocenters. The number of para-hydroxylation sites is 1. The molecule has 1 aliphatic heterocycles. The minimum absolute atomic E-state index is 0.00694. The van der Waals surface area contributed by atoms with Gasteiger partial charge in [-0.25, -0.2) is 0 Å². The van der Waals surface area contributed by atoms with Crippen LogP contribution in [0.3, 0.4) is 0 Å². The zero-order valence-corrected chi connectivity index (χ0v) is 13.6. The number of carbonyl (C=O) groups is 1. The first-order valence-electron chi connectivity index (χ1n) is 7.40. The van der Waals surface area contributed by atoms with Crippen LogP contribution < -0.4 is 5.32 Å². The minimum Gasteiger partial charge on any atom is -0.450 e. The summed E-state index contributed by atoms with van der Waals surface area (Å²) >= 11 is 3.46. The van der Waals surface area contributed by atoms with E-state index in [0.29, 0.717) is 18.3 Å². The van der Waals surface area contributed by atoms with E-state index in [-0.39, 0.29) is 5.91 Å². The van der Waals surface area contributed by atoms with Gasteiger partial charge < -0.3 is 14.6 Å². The Morgan fingerprint density at radius 3 is 2.86 bits per heavy atom. The number of piperidine rings is 1. The summed E-state index contributed by atoms with van der Waals surface area (Å²) in [5.74, 6) is 0.421. The van der Waals surface area contributed by atoms with E-state index >= 15 is 0 Å². The molecule has 0 saturated carbocycles. The first kappa shape index (κ1) is 14.6. The third-order valence-corrected chi connectivity index (χ3v) is 4.68. The van der Waals surface area contributed by atoms with Gasteiger partial charge in [-0.2, -0.15) is 0 Å². The third kappa shape index (κ3) is 2.85. The Balaban J connectivity index is 1.89. The molecular weight excluding hydrogens is 332 g/mol. The lowest BCUT2D eigenvalue weighted by Gasteiger charge is -2.33. The van der Waals surface area contributed by atoms with Crippen molar-refractivity contribution in [2.75, 3.05) is 19.6 Å². The fourth-order valence-corrected chi connectivity index (χ4v) is 3.42. The van der Waals surface area contributed by atoms with Crippen LogP contribution in [-0.2, 0) is 0 Å². The summed E-state index contributed by atoms with van der Waals surface area (Å²) in [6, 6.07) is 7.97. The zero-order valence-electron chi connectivity index (χ0n) is 12.1. The first-order valence-corrected chi connectivity index (χ1v) is 8.19. The maximum atomic E-state index is 12.8. The Hall–Kier alpha value is -1.33. The minimum atomic E-state index is -0.00694. The highest BCUT2D eigenvalue weighted by Crippen LogP contribution is 2.28. The summed E-state index contributed by atoms with van der Waals surface area (Å²) < 4.78 is 6.66. The van der Waals surface area contributed by atoms with Gasteiger partial charge in [0.25, 0.3) is 5.91 Å². The first-order chi connectivity index (χ1) is 10.2. The van der Waals surface area contributed by atoms with Crippen molar-refractivity contribution >= 4 is 32.8 Å². The number of rotatable bonds is 3. The van der Waals surface area contributed by atoms with Crippen LogP contribution in [0.2, 0.25) is 0 Å². The lowest BCUT2D eigenvalue weighted by Crippen LogP contribution is -2.45. The van der Waals surface area contributed by atoms with E-state index in [1.54, 1.807) is 0 Å². The number of hydrogen-bond acceptors (Lipinski definition) is 3. The van der Waals surface area contributed by atoms with E-state index in [2.05, 4.69) is 21.2 Å². The van der Waals surface area contributed by atoms with Crippen LogP contribution in [0.25, 0.3) is 11.0 Å². The van der Waals surface area contributed by atoms with Crippen LogP contribution in [0, 0.1) is 0 Å². The Kier molecular flexibility index (Phi) is 4.31. The van der Waals surface area contributed by atoms with E-state index in [1.807, 2.05) is 36.1 Å². The van der Waals surface area contributed by atoms with Gasteiger partial charge in [0.05, 0.1) is 4.47 Å². The maximum absolute atomic E-state index is 12.8. The second-order valence-electron chi connectivity index (χ2n) is 5.34. The summed E-state index contributed by atoms with van der Waals surface area (Å²) in [6.45, 7) is 4.68. The zero-order chi connectivity index (χ0) is 14.8. The van der Waals surface area contributed by atoms with E-state index in [1.165, 1.54) is 0 Å². The normalized spacial score (nSPS) is 16.3. The predicted molar refractivity (Wildman–Crippen MR) is 86.5 cm³/mol. The largest absolute Gasteiger partial charge is 0.450 e. The van der Waals surface area contributed by atoms with Gasteiger partial charge >= 0.3 is 0 Å². The van der Waals surface area contributed by atoms with Gasteiger partial charge in [-0.1, -0.05) is 12.1 Å². The molecule has 1 saturated heterocycles. The molecule has 0 unspecified atom stereocenters. The Morgan fingerprint density at radius 2 is 2.19 bits per heavy atom. The molecule has 4 nitrogen and oxygen atoms in total. The SMILES string of the molecule is CCN(C(=O)c1cc2cccc(Br)c2o1)C1CCNCC1. The third-order valence-electron chi connectivity index (χ3n) is 4.06. The molecule has 1 fully saturated rings. The molecule has 3 rings (SSSR count). The molecule has 0 radical (unpaired) electrons. The molecule has 21 heavy (non-hydrogen) atoms. The number of benzene rings is 1. The summed E-state index contributed by atoms with van der Waals surface area (Å²) in [4.78, 5) is 14.7. The Labute approximate surface area is 132 Å². The van der Waals surface area contributed by atoms with Gasteiger partial charge in [-0.05, 0) is 60.9 Å². The highest BCUT2D eigenvalue weighted by atomic mass is 79.9. The fraction of sp³-hybridized carbons (Fsp3) is 0.438. The van der Waals surface area contributed by atoms with Crippen molar-refractivity contribution in [2.45, 2.75) is 25.8 Å². The molecule has 1 aromatic carbocycles. The van der Waals surface area contributed by atoms with E-state index in [4.69, 9.17) is 4.42 Å². The molecule has 2 heterocycles. The van der Waals surface area contributed by atoms with Crippen molar-refractivity contribution in [1.29, 1.82) is 0 Å². The molecule has 5 heteroatoms. The lowest BCUT2D eigenvalue weighted by molar-refractivity contribution is 0.0626. The molecule has 1 aliphatic rings. The quantitative estimate of drug-likeness (QED) is 0.922. The van der Waals surface area contributed by atoms with Gasteiger partial charge in [-0.3, -0.25) is 4.79 Å². The van der Waals surface area contributed by atoms with Crippen LogP contribution >= 0.6 is 15.9 Å². The fourth-order valence-electron chi connectivity index (χ4n) is 2.96. The van der Waals surface area contributed by atoms with Gasteiger partial charge in [0, 0.05) is 18.0 Å². The number of hydrogen-bond donors (Lipinski definition) is 1. The lowest BCUT2D eigenvalue weighted by atomic mass is 10.0. The van der Waals surface area contributed by atoms with Crippen LogP contribution in [0.15, 0.2) is 33.2 Å². The summed E-state index contributed by atoms with van der Waals surface area (Å²) in [7, 11) is 0. The average Bonchev–Trinajstić information content (AvgIpc) is 2.95. The van der Waals surface area contributed by atoms with Gasteiger partial charge in [0.15, 0.2) is 5.76 Å². The molecule has 0 aliphatic carbocycles.